The highest BCUT2D eigenvalue weighted by Crippen LogP contribution is 2.26. The monoisotopic (exact) mass is 279 g/mol. The molecule has 0 bridgehead atoms. The van der Waals surface area contributed by atoms with Gasteiger partial charge in [-0.05, 0) is 22.9 Å². The summed E-state index contributed by atoms with van der Waals surface area (Å²) in [5.74, 6) is 0. The molecule has 6 heteroatoms. The van der Waals surface area contributed by atoms with E-state index >= 15 is 0 Å². The number of hydrogen-bond acceptors (Lipinski definition) is 2. The van der Waals surface area contributed by atoms with Gasteiger partial charge in [0.15, 0.2) is 5.65 Å². The van der Waals surface area contributed by atoms with Crippen molar-refractivity contribution in [3.8, 4) is 0 Å². The first-order valence-corrected chi connectivity index (χ1v) is 5.01. The molecule has 0 spiro atoms. The van der Waals surface area contributed by atoms with E-state index in [1.165, 1.54) is 4.52 Å². The Morgan fingerprint density at radius 3 is 2.85 bits per heavy atom. The molecular weight excluding hydrogens is 277 g/mol. The molecule has 0 aliphatic heterocycles. The summed E-state index contributed by atoms with van der Waals surface area (Å²) in [6.07, 6.45) is 1.63. The van der Waals surface area contributed by atoms with Crippen LogP contribution in [-0.2, 0) is 0 Å². The summed E-state index contributed by atoms with van der Waals surface area (Å²) < 4.78 is 2.31. The quantitative estimate of drug-likeness (QED) is 0.694. The normalized spacial score (nSPS) is 11.1. The van der Waals surface area contributed by atoms with Crippen molar-refractivity contribution in [2.45, 2.75) is 6.92 Å². The van der Waals surface area contributed by atoms with Crippen LogP contribution < -0.4 is 0 Å². The molecular formula is C7H4BrCl2N3. The molecule has 0 aliphatic rings. The van der Waals surface area contributed by atoms with Gasteiger partial charge in [-0.1, -0.05) is 23.2 Å². The Labute approximate surface area is 92.8 Å². The van der Waals surface area contributed by atoms with Gasteiger partial charge in [0.2, 0.25) is 0 Å². The first kappa shape index (κ1) is 9.24. The highest BCUT2D eigenvalue weighted by Gasteiger charge is 2.11. The maximum atomic E-state index is 6.00. The van der Waals surface area contributed by atoms with E-state index in [9.17, 15) is 0 Å². The fraction of sp³-hybridized carbons (Fsp3) is 0.143. The van der Waals surface area contributed by atoms with Gasteiger partial charge in [0.25, 0.3) is 0 Å². The topological polar surface area (TPSA) is 30.2 Å². The minimum absolute atomic E-state index is 0.402. The molecule has 0 saturated carbocycles. The van der Waals surface area contributed by atoms with Gasteiger partial charge in [-0.3, -0.25) is 0 Å². The number of aromatic nitrogens is 3. The van der Waals surface area contributed by atoms with Gasteiger partial charge >= 0.3 is 0 Å². The Morgan fingerprint density at radius 1 is 1.46 bits per heavy atom. The highest BCUT2D eigenvalue weighted by atomic mass is 79.9. The predicted octanol–water partition coefficient (Wildman–Crippen LogP) is 3.11. The van der Waals surface area contributed by atoms with E-state index in [0.717, 1.165) is 10.0 Å². The van der Waals surface area contributed by atoms with Crippen LogP contribution in [-0.4, -0.2) is 14.6 Å². The number of rotatable bonds is 0. The molecule has 2 heterocycles. The lowest BCUT2D eigenvalue weighted by Crippen LogP contribution is -1.96. The van der Waals surface area contributed by atoms with Gasteiger partial charge in [0.1, 0.15) is 10.3 Å². The van der Waals surface area contributed by atoms with E-state index in [0.29, 0.717) is 16.0 Å². The number of nitrogens with zero attached hydrogens (tertiary/aromatic N) is 3. The minimum Gasteiger partial charge on any atom is -0.215 e. The fourth-order valence-corrected chi connectivity index (χ4v) is 1.77. The first-order chi connectivity index (χ1) is 6.11. The number of fused-ring (bicyclic) bond motifs is 1. The molecule has 0 amide bonds. The standard InChI is InChI=1S/C7H4BrCl2N3/c1-3-5(9)12-7-4(8)2-11-13(7)6(3)10/h2H,1H3. The Morgan fingerprint density at radius 2 is 2.15 bits per heavy atom. The van der Waals surface area contributed by atoms with E-state index in [2.05, 4.69) is 26.0 Å². The maximum absolute atomic E-state index is 6.00. The van der Waals surface area contributed by atoms with E-state index in [1.54, 1.807) is 13.1 Å². The van der Waals surface area contributed by atoms with Gasteiger partial charge in [0.05, 0.1) is 10.7 Å². The lowest BCUT2D eigenvalue weighted by molar-refractivity contribution is 0.929. The summed E-state index contributed by atoms with van der Waals surface area (Å²) >= 11 is 15.2. The summed E-state index contributed by atoms with van der Waals surface area (Å²) in [7, 11) is 0. The summed E-state index contributed by atoms with van der Waals surface area (Å²) in [5.41, 5.74) is 1.35. The van der Waals surface area contributed by atoms with Crippen LogP contribution >= 0.6 is 39.1 Å². The van der Waals surface area contributed by atoms with Crippen molar-refractivity contribution in [1.82, 2.24) is 14.6 Å². The molecule has 0 N–H and O–H groups in total. The van der Waals surface area contributed by atoms with Crippen molar-refractivity contribution in [2.24, 2.45) is 0 Å². The Balaban J connectivity index is 2.96. The highest BCUT2D eigenvalue weighted by molar-refractivity contribution is 9.10. The van der Waals surface area contributed by atoms with Crippen LogP contribution in [0.5, 0.6) is 0 Å². The van der Waals surface area contributed by atoms with Crippen LogP contribution in [0, 0.1) is 6.92 Å². The molecule has 13 heavy (non-hydrogen) atoms. The van der Waals surface area contributed by atoms with Crippen molar-refractivity contribution in [2.75, 3.05) is 0 Å². The lowest BCUT2D eigenvalue weighted by atomic mass is 10.4. The van der Waals surface area contributed by atoms with Gasteiger partial charge < -0.3 is 0 Å². The second-order valence-corrected chi connectivity index (χ2v) is 4.12. The minimum atomic E-state index is 0.402. The van der Waals surface area contributed by atoms with E-state index in [1.807, 2.05) is 0 Å². The molecule has 0 saturated heterocycles. The van der Waals surface area contributed by atoms with Crippen LogP contribution in [0.25, 0.3) is 5.65 Å². The molecule has 0 fully saturated rings. The summed E-state index contributed by atoms with van der Waals surface area (Å²) in [6.45, 7) is 1.80. The van der Waals surface area contributed by atoms with Gasteiger partial charge in [-0.2, -0.15) is 5.10 Å². The second kappa shape index (κ2) is 3.12. The third kappa shape index (κ3) is 1.33. The predicted molar refractivity (Wildman–Crippen MR) is 55.4 cm³/mol. The van der Waals surface area contributed by atoms with Crippen LogP contribution in [0.4, 0.5) is 0 Å². The Bertz CT molecular complexity index is 480. The smallest absolute Gasteiger partial charge is 0.172 e. The Hall–Kier alpha value is -0.320. The molecule has 0 aliphatic carbocycles. The van der Waals surface area contributed by atoms with Gasteiger partial charge in [0, 0.05) is 5.56 Å². The Kier molecular flexibility index (Phi) is 2.21. The van der Waals surface area contributed by atoms with Gasteiger partial charge in [-0.15, -0.1) is 0 Å². The largest absolute Gasteiger partial charge is 0.215 e. The zero-order valence-corrected chi connectivity index (χ0v) is 9.65. The summed E-state index contributed by atoms with van der Waals surface area (Å²) in [6, 6.07) is 0. The number of hydrogen-bond donors (Lipinski definition) is 0. The first-order valence-electron chi connectivity index (χ1n) is 3.46. The molecule has 0 radical (unpaired) electrons. The van der Waals surface area contributed by atoms with Crippen LogP contribution in [0.1, 0.15) is 5.56 Å². The summed E-state index contributed by atoms with van der Waals surface area (Å²) in [5, 5.41) is 4.92. The SMILES string of the molecule is Cc1c(Cl)nc2c(Br)cnn2c1Cl. The van der Waals surface area contributed by atoms with Crippen LogP contribution in [0.3, 0.4) is 0 Å². The molecule has 2 aromatic heterocycles. The van der Waals surface area contributed by atoms with Gasteiger partial charge in [-0.25, -0.2) is 9.50 Å². The van der Waals surface area contributed by atoms with E-state index in [4.69, 9.17) is 23.2 Å². The third-order valence-corrected chi connectivity index (χ3v) is 3.08. The maximum Gasteiger partial charge on any atom is 0.172 e. The van der Waals surface area contributed by atoms with Crippen LogP contribution in [0.15, 0.2) is 10.7 Å². The van der Waals surface area contributed by atoms with Crippen molar-refractivity contribution in [3.05, 3.63) is 26.5 Å². The molecule has 2 rings (SSSR count). The van der Waals surface area contributed by atoms with E-state index < -0.39 is 0 Å². The molecule has 68 valence electrons. The average Bonchev–Trinajstić information content (AvgIpc) is 2.45. The summed E-state index contributed by atoms with van der Waals surface area (Å²) in [4.78, 5) is 4.13. The van der Waals surface area contributed by atoms with Crippen molar-refractivity contribution in [3.63, 3.8) is 0 Å². The molecule has 2 aromatic rings. The van der Waals surface area contributed by atoms with Crippen molar-refractivity contribution >= 4 is 44.8 Å². The third-order valence-electron chi connectivity index (χ3n) is 1.71. The second-order valence-electron chi connectivity index (χ2n) is 2.55. The molecule has 0 aromatic carbocycles. The fourth-order valence-electron chi connectivity index (χ4n) is 0.987. The molecule has 3 nitrogen and oxygen atoms in total. The van der Waals surface area contributed by atoms with Crippen molar-refractivity contribution < 1.29 is 0 Å². The number of halogens is 3. The molecule has 0 unspecified atom stereocenters. The average molecular weight is 281 g/mol. The van der Waals surface area contributed by atoms with Crippen LogP contribution in [0.2, 0.25) is 10.3 Å². The van der Waals surface area contributed by atoms with E-state index in [-0.39, 0.29) is 0 Å². The molecule has 0 atom stereocenters. The lowest BCUT2D eigenvalue weighted by Gasteiger charge is -2.02. The zero-order chi connectivity index (χ0) is 9.59. The van der Waals surface area contributed by atoms with Crippen molar-refractivity contribution in [1.29, 1.82) is 0 Å². The zero-order valence-electron chi connectivity index (χ0n) is 6.55.